The second kappa shape index (κ2) is 9.54. The molecule has 0 aliphatic heterocycles. The van der Waals surface area contributed by atoms with Gasteiger partial charge in [0.1, 0.15) is 5.75 Å². The van der Waals surface area contributed by atoms with Crippen LogP contribution in [0.4, 0.5) is 0 Å². The van der Waals surface area contributed by atoms with Crippen LogP contribution < -0.4 is 5.43 Å². The Morgan fingerprint density at radius 2 is 1.70 bits per heavy atom. The maximum Gasteiger partial charge on any atom is 0.271 e. The molecule has 1 aromatic heterocycles. The molecule has 2 N–H and O–H groups in total. The molecule has 0 saturated heterocycles. The average molecular weight is 421 g/mol. The van der Waals surface area contributed by atoms with E-state index in [1.807, 2.05) is 51.1 Å². The zero-order valence-corrected chi connectivity index (χ0v) is 18.2. The second-order valence-electron chi connectivity index (χ2n) is 7.08. The lowest BCUT2D eigenvalue weighted by atomic mass is 10.1. The summed E-state index contributed by atoms with van der Waals surface area (Å²) < 4.78 is 0. The van der Waals surface area contributed by atoms with Crippen LogP contribution in [0.2, 0.25) is 0 Å². The molecule has 0 spiro atoms. The van der Waals surface area contributed by atoms with Gasteiger partial charge in [-0.2, -0.15) is 5.10 Å². The number of carbonyl (C=O) groups is 1. The van der Waals surface area contributed by atoms with Crippen LogP contribution in [0.3, 0.4) is 0 Å². The first-order valence-corrected chi connectivity index (χ1v) is 10.5. The minimum absolute atomic E-state index is 0.130. The zero-order valence-electron chi connectivity index (χ0n) is 17.4. The van der Waals surface area contributed by atoms with E-state index in [0.29, 0.717) is 22.6 Å². The van der Waals surface area contributed by atoms with Gasteiger partial charge in [-0.3, -0.25) is 4.79 Å². The summed E-state index contributed by atoms with van der Waals surface area (Å²) >= 11 is 1.56. The molecule has 2 aromatic carbocycles. The first-order chi connectivity index (χ1) is 14.3. The molecule has 0 aliphatic carbocycles. The van der Waals surface area contributed by atoms with Gasteiger partial charge in [-0.05, 0) is 63.6 Å². The number of nitrogens with one attached hydrogen (secondary N) is 1. The van der Waals surface area contributed by atoms with Gasteiger partial charge in [-0.15, -0.1) is 0 Å². The van der Waals surface area contributed by atoms with Crippen LogP contribution in [-0.4, -0.2) is 26.7 Å². The molecule has 7 heteroatoms. The third-order valence-electron chi connectivity index (χ3n) is 4.41. The van der Waals surface area contributed by atoms with Crippen LogP contribution in [0.25, 0.3) is 0 Å². The summed E-state index contributed by atoms with van der Waals surface area (Å²) in [7, 11) is 0. The fraction of sp³-hybridized carbons (Fsp3) is 0.217. The smallest absolute Gasteiger partial charge is 0.271 e. The Hall–Kier alpha value is -3.19. The largest absolute Gasteiger partial charge is 0.507 e. The highest BCUT2D eigenvalue weighted by Crippen LogP contribution is 2.21. The van der Waals surface area contributed by atoms with Crippen molar-refractivity contribution in [1.82, 2.24) is 15.4 Å². The molecular formula is C23H24N4O2S. The SMILES string of the molecule is C/C(=N\NC(=O)c1ccc(CSc2nc(C)cc(C)n2)cc1)c1cc(C)ccc1O. The molecule has 30 heavy (non-hydrogen) atoms. The van der Waals surface area contributed by atoms with Crippen molar-refractivity contribution < 1.29 is 9.90 Å². The van der Waals surface area contributed by atoms with Gasteiger partial charge < -0.3 is 5.11 Å². The van der Waals surface area contributed by atoms with Gasteiger partial charge in [0.15, 0.2) is 5.16 Å². The summed E-state index contributed by atoms with van der Waals surface area (Å²) in [5.41, 5.74) is 8.16. The number of nitrogens with zero attached hydrogens (tertiary/aromatic N) is 3. The first-order valence-electron chi connectivity index (χ1n) is 9.50. The van der Waals surface area contributed by atoms with E-state index in [0.717, 1.165) is 27.7 Å². The van der Waals surface area contributed by atoms with Crippen molar-refractivity contribution in [2.75, 3.05) is 0 Å². The van der Waals surface area contributed by atoms with E-state index < -0.39 is 0 Å². The van der Waals surface area contributed by atoms with Crippen molar-refractivity contribution in [1.29, 1.82) is 0 Å². The summed E-state index contributed by atoms with van der Waals surface area (Å²) in [5.74, 6) is 0.540. The number of aromatic hydroxyl groups is 1. The summed E-state index contributed by atoms with van der Waals surface area (Å²) in [5, 5.41) is 14.8. The van der Waals surface area contributed by atoms with Crippen LogP contribution >= 0.6 is 11.8 Å². The molecule has 0 unspecified atom stereocenters. The zero-order chi connectivity index (χ0) is 21.7. The minimum Gasteiger partial charge on any atom is -0.507 e. The normalized spacial score (nSPS) is 11.4. The molecule has 3 rings (SSSR count). The van der Waals surface area contributed by atoms with E-state index in [4.69, 9.17) is 0 Å². The Morgan fingerprint density at radius 1 is 1.03 bits per heavy atom. The molecule has 6 nitrogen and oxygen atoms in total. The van der Waals surface area contributed by atoms with Crippen molar-refractivity contribution in [3.8, 4) is 5.75 Å². The van der Waals surface area contributed by atoms with Crippen molar-refractivity contribution in [2.24, 2.45) is 5.10 Å². The number of aryl methyl sites for hydroxylation is 3. The maximum atomic E-state index is 12.4. The van der Waals surface area contributed by atoms with Crippen LogP contribution in [0.15, 0.2) is 58.8 Å². The van der Waals surface area contributed by atoms with Gasteiger partial charge in [0.2, 0.25) is 0 Å². The maximum absolute atomic E-state index is 12.4. The Balaban J connectivity index is 1.61. The Bertz CT molecular complexity index is 1070. The van der Waals surface area contributed by atoms with Crippen molar-refractivity contribution in [2.45, 2.75) is 38.6 Å². The van der Waals surface area contributed by atoms with Gasteiger partial charge in [0.25, 0.3) is 5.91 Å². The number of phenolic OH excluding ortho intramolecular Hbond substituents is 1. The minimum atomic E-state index is -0.307. The van der Waals surface area contributed by atoms with E-state index in [9.17, 15) is 9.90 Å². The quantitative estimate of drug-likeness (QED) is 0.264. The Kier molecular flexibility index (Phi) is 6.84. The molecule has 0 bridgehead atoms. The predicted octanol–water partition coefficient (Wildman–Crippen LogP) is 4.55. The number of hydrazone groups is 1. The second-order valence-corrected chi connectivity index (χ2v) is 8.02. The first kappa shape index (κ1) is 21.5. The summed E-state index contributed by atoms with van der Waals surface area (Å²) in [4.78, 5) is 21.2. The molecule has 154 valence electrons. The highest BCUT2D eigenvalue weighted by Gasteiger charge is 2.08. The van der Waals surface area contributed by atoms with Crippen LogP contribution in [0, 0.1) is 20.8 Å². The number of rotatable bonds is 6. The fourth-order valence-corrected chi connectivity index (χ4v) is 3.76. The number of hydrogen-bond acceptors (Lipinski definition) is 6. The Morgan fingerprint density at radius 3 is 2.37 bits per heavy atom. The highest BCUT2D eigenvalue weighted by molar-refractivity contribution is 7.98. The third-order valence-corrected chi connectivity index (χ3v) is 5.33. The summed E-state index contributed by atoms with van der Waals surface area (Å²) in [6, 6.07) is 14.6. The standard InChI is InChI=1S/C23H24N4O2S/c1-14-5-10-21(28)20(11-14)17(4)26-27-22(29)19-8-6-18(7-9-19)13-30-23-24-15(2)12-16(3)25-23/h5-12,28H,13H2,1-4H3,(H,27,29)/b26-17+. The van der Waals surface area contributed by atoms with Crippen molar-refractivity contribution in [3.63, 3.8) is 0 Å². The number of amides is 1. The van der Waals surface area contributed by atoms with Crippen LogP contribution in [-0.2, 0) is 5.75 Å². The lowest BCUT2D eigenvalue weighted by Gasteiger charge is -2.07. The molecule has 0 atom stereocenters. The summed E-state index contributed by atoms with van der Waals surface area (Å²) in [6.07, 6.45) is 0. The van der Waals surface area contributed by atoms with E-state index >= 15 is 0 Å². The third kappa shape index (κ3) is 5.67. The molecular weight excluding hydrogens is 396 g/mol. The molecule has 0 aliphatic rings. The van der Waals surface area contributed by atoms with Gasteiger partial charge in [-0.1, -0.05) is 35.5 Å². The van der Waals surface area contributed by atoms with Gasteiger partial charge >= 0.3 is 0 Å². The van der Waals surface area contributed by atoms with Gasteiger partial charge in [-0.25, -0.2) is 15.4 Å². The predicted molar refractivity (Wildman–Crippen MR) is 120 cm³/mol. The lowest BCUT2D eigenvalue weighted by Crippen LogP contribution is -2.19. The average Bonchev–Trinajstić information content (AvgIpc) is 2.71. The number of phenols is 1. The molecule has 1 amide bonds. The molecule has 0 saturated carbocycles. The van der Waals surface area contributed by atoms with E-state index in [2.05, 4.69) is 20.5 Å². The lowest BCUT2D eigenvalue weighted by molar-refractivity contribution is 0.0955. The highest BCUT2D eigenvalue weighted by atomic mass is 32.2. The number of thioether (sulfide) groups is 1. The number of carbonyl (C=O) groups excluding carboxylic acids is 1. The van der Waals surface area contributed by atoms with Gasteiger partial charge in [0, 0.05) is 28.3 Å². The molecule has 0 radical (unpaired) electrons. The number of hydrogen-bond donors (Lipinski definition) is 2. The van der Waals surface area contributed by atoms with Crippen molar-refractivity contribution >= 4 is 23.4 Å². The molecule has 3 aromatic rings. The topological polar surface area (TPSA) is 87.5 Å². The van der Waals surface area contributed by atoms with E-state index in [-0.39, 0.29) is 11.7 Å². The number of benzene rings is 2. The van der Waals surface area contributed by atoms with Crippen molar-refractivity contribution in [3.05, 3.63) is 82.2 Å². The summed E-state index contributed by atoms with van der Waals surface area (Å²) in [6.45, 7) is 7.58. The molecule has 1 heterocycles. The number of aromatic nitrogens is 2. The van der Waals surface area contributed by atoms with Crippen LogP contribution in [0.1, 0.15) is 45.4 Å². The molecule has 0 fully saturated rings. The Labute approximate surface area is 180 Å². The van der Waals surface area contributed by atoms with Crippen LogP contribution in [0.5, 0.6) is 5.75 Å². The fourth-order valence-electron chi connectivity index (χ4n) is 2.86. The van der Waals surface area contributed by atoms with E-state index in [1.54, 1.807) is 36.9 Å². The monoisotopic (exact) mass is 420 g/mol. The van der Waals surface area contributed by atoms with E-state index in [1.165, 1.54) is 0 Å². The van der Waals surface area contributed by atoms with Gasteiger partial charge in [0.05, 0.1) is 5.71 Å².